The van der Waals surface area contributed by atoms with Crippen molar-refractivity contribution in [1.29, 1.82) is 0 Å². The highest BCUT2D eigenvalue weighted by Crippen LogP contribution is 2.17. The van der Waals surface area contributed by atoms with Crippen LogP contribution in [0, 0.1) is 24.4 Å². The van der Waals surface area contributed by atoms with Gasteiger partial charge >= 0.3 is 0 Å². The molecular formula is C16H14F3NO. The third-order valence-corrected chi connectivity index (χ3v) is 3.23. The summed E-state index contributed by atoms with van der Waals surface area (Å²) in [6, 6.07) is 7.03. The smallest absolute Gasteiger partial charge is 0.251 e. The number of amides is 1. The first kappa shape index (κ1) is 15.1. The second-order valence-corrected chi connectivity index (χ2v) is 4.83. The van der Waals surface area contributed by atoms with Crippen LogP contribution in [-0.4, -0.2) is 5.91 Å². The van der Waals surface area contributed by atoms with E-state index < -0.39 is 29.4 Å². The number of carbonyl (C=O) groups excluding carboxylic acids is 1. The monoisotopic (exact) mass is 293 g/mol. The van der Waals surface area contributed by atoms with Crippen molar-refractivity contribution in [2.24, 2.45) is 0 Å². The topological polar surface area (TPSA) is 29.1 Å². The van der Waals surface area contributed by atoms with Gasteiger partial charge in [-0.1, -0.05) is 12.1 Å². The Balaban J connectivity index is 2.14. The molecule has 0 aromatic heterocycles. The first-order valence-electron chi connectivity index (χ1n) is 6.40. The Kier molecular flexibility index (Phi) is 4.31. The van der Waals surface area contributed by atoms with Crippen LogP contribution in [0.15, 0.2) is 36.4 Å². The minimum absolute atomic E-state index is 0.174. The van der Waals surface area contributed by atoms with Crippen LogP contribution < -0.4 is 5.32 Å². The van der Waals surface area contributed by atoms with Gasteiger partial charge in [0, 0.05) is 5.56 Å². The number of aryl methyl sites for hydroxylation is 1. The van der Waals surface area contributed by atoms with Crippen molar-refractivity contribution in [3.8, 4) is 0 Å². The average Bonchev–Trinajstić information content (AvgIpc) is 2.44. The minimum Gasteiger partial charge on any atom is -0.346 e. The largest absolute Gasteiger partial charge is 0.346 e. The molecule has 5 heteroatoms. The molecule has 0 fully saturated rings. The number of benzene rings is 2. The number of nitrogens with one attached hydrogen (secondary N) is 1. The van der Waals surface area contributed by atoms with Crippen LogP contribution in [0.5, 0.6) is 0 Å². The lowest BCUT2D eigenvalue weighted by Gasteiger charge is -2.15. The fourth-order valence-corrected chi connectivity index (χ4v) is 1.88. The molecule has 0 saturated carbocycles. The molecule has 2 nitrogen and oxygen atoms in total. The van der Waals surface area contributed by atoms with Crippen molar-refractivity contribution in [1.82, 2.24) is 5.32 Å². The van der Waals surface area contributed by atoms with E-state index in [1.54, 1.807) is 13.8 Å². The number of halogens is 3. The minimum atomic E-state index is -0.977. The Morgan fingerprint density at radius 3 is 2.33 bits per heavy atom. The first-order valence-corrected chi connectivity index (χ1v) is 6.40. The second kappa shape index (κ2) is 5.99. The van der Waals surface area contributed by atoms with Gasteiger partial charge in [-0.15, -0.1) is 0 Å². The van der Waals surface area contributed by atoms with Crippen LogP contribution in [0.25, 0.3) is 0 Å². The van der Waals surface area contributed by atoms with E-state index in [4.69, 9.17) is 0 Å². The van der Waals surface area contributed by atoms with Crippen LogP contribution in [0.1, 0.15) is 34.5 Å². The fourth-order valence-electron chi connectivity index (χ4n) is 1.88. The van der Waals surface area contributed by atoms with Crippen molar-refractivity contribution in [2.45, 2.75) is 19.9 Å². The van der Waals surface area contributed by atoms with Crippen LogP contribution in [0.3, 0.4) is 0 Å². The zero-order valence-corrected chi connectivity index (χ0v) is 11.6. The lowest BCUT2D eigenvalue weighted by Crippen LogP contribution is -2.26. The molecule has 0 spiro atoms. The SMILES string of the molecule is Cc1ccc(C(=O)N[C@H](C)c2ccc(F)c(F)c2)cc1F. The molecule has 0 heterocycles. The lowest BCUT2D eigenvalue weighted by atomic mass is 10.1. The first-order chi connectivity index (χ1) is 9.88. The molecule has 1 N–H and O–H groups in total. The molecule has 2 aromatic carbocycles. The van der Waals surface area contributed by atoms with E-state index in [0.29, 0.717) is 11.1 Å². The van der Waals surface area contributed by atoms with E-state index in [1.165, 1.54) is 18.2 Å². The number of hydrogen-bond donors (Lipinski definition) is 1. The standard InChI is InChI=1S/C16H14F3NO/c1-9-3-4-12(8-14(9)18)16(21)20-10(2)11-5-6-13(17)15(19)7-11/h3-8,10H,1-2H3,(H,20,21)/t10-/m1/s1. The summed E-state index contributed by atoms with van der Waals surface area (Å²) in [6.45, 7) is 3.23. The Hall–Kier alpha value is -2.30. The number of carbonyl (C=O) groups is 1. The van der Waals surface area contributed by atoms with Gasteiger partial charge in [0.1, 0.15) is 5.82 Å². The normalized spacial score (nSPS) is 12.0. The zero-order valence-electron chi connectivity index (χ0n) is 11.6. The fraction of sp³-hybridized carbons (Fsp3) is 0.188. The summed E-state index contributed by atoms with van der Waals surface area (Å²) in [5.74, 6) is -2.87. The van der Waals surface area contributed by atoms with E-state index in [0.717, 1.165) is 18.2 Å². The van der Waals surface area contributed by atoms with Crippen LogP contribution in [-0.2, 0) is 0 Å². The van der Waals surface area contributed by atoms with Gasteiger partial charge in [-0.2, -0.15) is 0 Å². The number of rotatable bonds is 3. The lowest BCUT2D eigenvalue weighted by molar-refractivity contribution is 0.0939. The van der Waals surface area contributed by atoms with Crippen molar-refractivity contribution < 1.29 is 18.0 Å². The molecule has 0 aliphatic rings. The molecule has 0 aliphatic heterocycles. The van der Waals surface area contributed by atoms with Crippen molar-refractivity contribution in [3.63, 3.8) is 0 Å². The van der Waals surface area contributed by atoms with Crippen LogP contribution in [0.2, 0.25) is 0 Å². The van der Waals surface area contributed by atoms with Gasteiger partial charge < -0.3 is 5.32 Å². The Morgan fingerprint density at radius 2 is 1.71 bits per heavy atom. The quantitative estimate of drug-likeness (QED) is 0.913. The predicted octanol–water partition coefficient (Wildman–Crippen LogP) is 3.90. The molecular weight excluding hydrogens is 279 g/mol. The average molecular weight is 293 g/mol. The van der Waals surface area contributed by atoms with E-state index >= 15 is 0 Å². The Bertz CT molecular complexity index is 685. The summed E-state index contributed by atoms with van der Waals surface area (Å²) in [6.07, 6.45) is 0. The summed E-state index contributed by atoms with van der Waals surface area (Å²) in [7, 11) is 0. The molecule has 0 radical (unpaired) electrons. The molecule has 0 bridgehead atoms. The Morgan fingerprint density at radius 1 is 1.00 bits per heavy atom. The predicted molar refractivity (Wildman–Crippen MR) is 73.4 cm³/mol. The molecule has 0 aliphatic carbocycles. The van der Waals surface area contributed by atoms with Gasteiger partial charge in [-0.3, -0.25) is 4.79 Å². The highest BCUT2D eigenvalue weighted by Gasteiger charge is 2.14. The van der Waals surface area contributed by atoms with E-state index in [1.807, 2.05) is 0 Å². The highest BCUT2D eigenvalue weighted by atomic mass is 19.2. The molecule has 110 valence electrons. The Labute approximate surface area is 120 Å². The summed E-state index contributed by atoms with van der Waals surface area (Å²) in [4.78, 5) is 12.0. The van der Waals surface area contributed by atoms with Crippen molar-refractivity contribution in [2.75, 3.05) is 0 Å². The molecule has 1 atom stereocenters. The maximum absolute atomic E-state index is 13.4. The summed E-state index contributed by atoms with van der Waals surface area (Å²) >= 11 is 0. The molecule has 0 unspecified atom stereocenters. The van der Waals surface area contributed by atoms with Gasteiger partial charge in [0.25, 0.3) is 5.91 Å². The zero-order chi connectivity index (χ0) is 15.6. The summed E-state index contributed by atoms with van der Waals surface area (Å²) < 4.78 is 39.5. The van der Waals surface area contributed by atoms with Crippen molar-refractivity contribution in [3.05, 3.63) is 70.5 Å². The van der Waals surface area contributed by atoms with Crippen LogP contribution in [0.4, 0.5) is 13.2 Å². The van der Waals surface area contributed by atoms with Gasteiger partial charge in [0.2, 0.25) is 0 Å². The molecule has 0 saturated heterocycles. The highest BCUT2D eigenvalue weighted by molar-refractivity contribution is 5.94. The van der Waals surface area contributed by atoms with Crippen molar-refractivity contribution >= 4 is 5.91 Å². The second-order valence-electron chi connectivity index (χ2n) is 4.83. The molecule has 1 amide bonds. The van der Waals surface area contributed by atoms with Gasteiger partial charge in [0.15, 0.2) is 11.6 Å². The van der Waals surface area contributed by atoms with Gasteiger partial charge in [-0.05, 0) is 49.2 Å². The maximum Gasteiger partial charge on any atom is 0.251 e. The third-order valence-electron chi connectivity index (χ3n) is 3.23. The van der Waals surface area contributed by atoms with Crippen LogP contribution >= 0.6 is 0 Å². The summed E-state index contributed by atoms with van der Waals surface area (Å²) in [5.41, 5.74) is 1.04. The van der Waals surface area contributed by atoms with E-state index in [9.17, 15) is 18.0 Å². The third kappa shape index (κ3) is 3.42. The maximum atomic E-state index is 13.4. The molecule has 2 aromatic rings. The number of hydrogen-bond acceptors (Lipinski definition) is 1. The van der Waals surface area contributed by atoms with E-state index in [-0.39, 0.29) is 5.56 Å². The van der Waals surface area contributed by atoms with Gasteiger partial charge in [0.05, 0.1) is 6.04 Å². The van der Waals surface area contributed by atoms with E-state index in [2.05, 4.69) is 5.32 Å². The summed E-state index contributed by atoms with van der Waals surface area (Å²) in [5, 5.41) is 2.61. The molecule has 21 heavy (non-hydrogen) atoms. The molecule has 2 rings (SSSR count). The van der Waals surface area contributed by atoms with Gasteiger partial charge in [-0.25, -0.2) is 13.2 Å².